The first-order valence-electron chi connectivity index (χ1n) is 15.2. The fraction of sp³-hybridized carbons (Fsp3) is 0.0732. The average molecular weight is 564 g/mol. The monoisotopic (exact) mass is 563 g/mol. The van der Waals surface area contributed by atoms with Crippen molar-refractivity contribution in [3.63, 3.8) is 0 Å². The van der Waals surface area contributed by atoms with Gasteiger partial charge in [0.25, 0.3) is 0 Å². The molecule has 44 heavy (non-hydrogen) atoms. The predicted molar refractivity (Wildman–Crippen MR) is 182 cm³/mol. The Kier molecular flexibility index (Phi) is 5.24. The third-order valence-electron chi connectivity index (χ3n) is 9.40. The zero-order valence-corrected chi connectivity index (χ0v) is 24.6. The Hall–Kier alpha value is -5.54. The number of hydrogen-bond donors (Lipinski definition) is 0. The van der Waals surface area contributed by atoms with Crippen LogP contribution in [0.5, 0.6) is 0 Å². The van der Waals surface area contributed by atoms with E-state index in [0.29, 0.717) is 5.95 Å². The lowest BCUT2D eigenvalue weighted by Crippen LogP contribution is -2.14. The van der Waals surface area contributed by atoms with E-state index in [1.807, 2.05) is 0 Å². The van der Waals surface area contributed by atoms with E-state index in [1.165, 1.54) is 44.3 Å². The van der Waals surface area contributed by atoms with Crippen LogP contribution in [0.1, 0.15) is 25.0 Å². The van der Waals surface area contributed by atoms with Crippen molar-refractivity contribution in [2.45, 2.75) is 19.3 Å². The minimum absolute atomic E-state index is 0.146. The second-order valence-corrected chi connectivity index (χ2v) is 12.2. The third-order valence-corrected chi connectivity index (χ3v) is 9.40. The van der Waals surface area contributed by atoms with Crippen molar-refractivity contribution in [3.05, 3.63) is 151 Å². The van der Waals surface area contributed by atoms with E-state index in [-0.39, 0.29) is 5.41 Å². The van der Waals surface area contributed by atoms with Gasteiger partial charge in [-0.3, -0.25) is 4.57 Å². The number of hydrogen-bond acceptors (Lipinski definition) is 2. The molecule has 1 aliphatic rings. The summed E-state index contributed by atoms with van der Waals surface area (Å²) in [5, 5.41) is 4.60. The fourth-order valence-electron chi connectivity index (χ4n) is 7.43. The molecule has 3 heteroatoms. The Balaban J connectivity index is 1.43. The van der Waals surface area contributed by atoms with Gasteiger partial charge in [-0.15, -0.1) is 0 Å². The summed E-state index contributed by atoms with van der Waals surface area (Å²) in [7, 11) is 0. The highest BCUT2D eigenvalue weighted by atomic mass is 15.2. The van der Waals surface area contributed by atoms with E-state index < -0.39 is 0 Å². The summed E-state index contributed by atoms with van der Waals surface area (Å²) in [6.45, 7) is 4.67. The summed E-state index contributed by atoms with van der Waals surface area (Å²) in [6.07, 6.45) is 0. The number of nitrogens with zero attached hydrogens (tertiary/aromatic N) is 3. The molecule has 8 aromatic rings. The molecule has 1 aliphatic carbocycles. The van der Waals surface area contributed by atoms with Crippen LogP contribution in [0.4, 0.5) is 0 Å². The summed E-state index contributed by atoms with van der Waals surface area (Å²) in [5.41, 5.74) is 11.5. The molecule has 2 aromatic heterocycles. The van der Waals surface area contributed by atoms with Gasteiger partial charge in [-0.25, -0.2) is 9.97 Å². The Labute approximate surface area is 256 Å². The van der Waals surface area contributed by atoms with E-state index in [9.17, 15) is 0 Å². The molecule has 0 bridgehead atoms. The molecule has 2 heterocycles. The molecule has 0 saturated carbocycles. The molecule has 9 rings (SSSR count). The molecule has 0 N–H and O–H groups in total. The van der Waals surface area contributed by atoms with Gasteiger partial charge in [-0.2, -0.15) is 0 Å². The van der Waals surface area contributed by atoms with Gasteiger partial charge in [0.1, 0.15) is 0 Å². The van der Waals surface area contributed by atoms with Gasteiger partial charge in [0.15, 0.2) is 0 Å². The van der Waals surface area contributed by atoms with E-state index in [0.717, 1.165) is 33.1 Å². The summed E-state index contributed by atoms with van der Waals surface area (Å²) >= 11 is 0. The lowest BCUT2D eigenvalue weighted by atomic mass is 9.81. The van der Waals surface area contributed by atoms with Crippen molar-refractivity contribution in [2.75, 3.05) is 0 Å². The van der Waals surface area contributed by atoms with Crippen LogP contribution >= 0.6 is 0 Å². The SMILES string of the molecule is CC1(C)c2ccccc2-c2c1c1ccccc1n2-c1nc(-c2ccccc2)c2ccc3c(-c4ccccc4)cccc3c2n1. The summed E-state index contributed by atoms with van der Waals surface area (Å²) in [4.78, 5) is 10.9. The van der Waals surface area contributed by atoms with Crippen LogP contribution in [0.15, 0.2) is 140 Å². The molecule has 0 radical (unpaired) electrons. The van der Waals surface area contributed by atoms with Crippen LogP contribution in [0.25, 0.3) is 72.2 Å². The van der Waals surface area contributed by atoms with Crippen LogP contribution in [0.2, 0.25) is 0 Å². The Morgan fingerprint density at radius 1 is 0.500 bits per heavy atom. The molecule has 208 valence electrons. The second kappa shape index (κ2) is 9.23. The summed E-state index contributed by atoms with van der Waals surface area (Å²) in [5.74, 6) is 0.693. The van der Waals surface area contributed by atoms with Crippen LogP contribution in [-0.4, -0.2) is 14.5 Å². The number of rotatable bonds is 3. The van der Waals surface area contributed by atoms with Gasteiger partial charge in [-0.1, -0.05) is 141 Å². The molecular formula is C41H29N3. The number of aromatic nitrogens is 3. The summed E-state index contributed by atoms with van der Waals surface area (Å²) < 4.78 is 2.31. The molecule has 3 nitrogen and oxygen atoms in total. The molecule has 0 atom stereocenters. The molecule has 0 spiro atoms. The highest BCUT2D eigenvalue weighted by molar-refractivity contribution is 6.13. The van der Waals surface area contributed by atoms with E-state index in [2.05, 4.69) is 158 Å². The second-order valence-electron chi connectivity index (χ2n) is 12.2. The smallest absolute Gasteiger partial charge is 0.235 e. The maximum absolute atomic E-state index is 5.47. The standard InChI is InChI=1S/C41H29N3/c1-41(2)34-22-11-9-18-31(34)39-36(41)32-19-10-12-23-35(32)44(39)40-42-37(27-16-7-4-8-17-27)33-25-24-29-28(26-14-5-3-6-15-26)20-13-21-30(29)38(33)43-40/h3-25H,1-2H3. The predicted octanol–water partition coefficient (Wildman–Crippen LogP) is 10.4. The Bertz CT molecular complexity index is 2400. The van der Waals surface area contributed by atoms with Crippen molar-refractivity contribution in [2.24, 2.45) is 0 Å². The number of para-hydroxylation sites is 1. The molecule has 6 aromatic carbocycles. The molecule has 0 saturated heterocycles. The highest BCUT2D eigenvalue weighted by Gasteiger charge is 2.40. The zero-order valence-electron chi connectivity index (χ0n) is 24.6. The molecule has 0 unspecified atom stereocenters. The quantitative estimate of drug-likeness (QED) is 0.200. The van der Waals surface area contributed by atoms with Crippen molar-refractivity contribution in [1.82, 2.24) is 14.5 Å². The molecule has 0 aliphatic heterocycles. The van der Waals surface area contributed by atoms with Crippen molar-refractivity contribution in [1.29, 1.82) is 0 Å². The van der Waals surface area contributed by atoms with Crippen LogP contribution < -0.4 is 0 Å². The number of benzene rings is 6. The van der Waals surface area contributed by atoms with Crippen molar-refractivity contribution in [3.8, 4) is 39.6 Å². The third kappa shape index (κ3) is 3.44. The fourth-order valence-corrected chi connectivity index (χ4v) is 7.43. The van der Waals surface area contributed by atoms with Gasteiger partial charge in [-0.05, 0) is 39.8 Å². The van der Waals surface area contributed by atoms with Gasteiger partial charge in [0.05, 0.1) is 22.4 Å². The van der Waals surface area contributed by atoms with Crippen LogP contribution in [0, 0.1) is 0 Å². The topological polar surface area (TPSA) is 30.7 Å². The van der Waals surface area contributed by atoms with E-state index in [1.54, 1.807) is 0 Å². The largest absolute Gasteiger partial charge is 0.278 e. The molecule has 0 amide bonds. The van der Waals surface area contributed by atoms with Crippen LogP contribution in [0.3, 0.4) is 0 Å². The number of fused-ring (bicyclic) bond motifs is 8. The normalized spacial score (nSPS) is 13.4. The minimum atomic E-state index is -0.146. The minimum Gasteiger partial charge on any atom is -0.278 e. The van der Waals surface area contributed by atoms with Crippen LogP contribution in [-0.2, 0) is 5.41 Å². The van der Waals surface area contributed by atoms with Gasteiger partial charge >= 0.3 is 0 Å². The zero-order chi connectivity index (χ0) is 29.4. The Morgan fingerprint density at radius 3 is 1.95 bits per heavy atom. The lowest BCUT2D eigenvalue weighted by Gasteiger charge is -2.21. The lowest BCUT2D eigenvalue weighted by molar-refractivity contribution is 0.666. The summed E-state index contributed by atoms with van der Waals surface area (Å²) in [6, 6.07) is 49.6. The van der Waals surface area contributed by atoms with Gasteiger partial charge in [0, 0.05) is 32.7 Å². The average Bonchev–Trinajstić information content (AvgIpc) is 3.55. The van der Waals surface area contributed by atoms with Crippen molar-refractivity contribution < 1.29 is 0 Å². The highest BCUT2D eigenvalue weighted by Crippen LogP contribution is 2.53. The molecule has 0 fully saturated rings. The Morgan fingerprint density at radius 2 is 1.14 bits per heavy atom. The first-order valence-corrected chi connectivity index (χ1v) is 15.2. The first-order chi connectivity index (χ1) is 21.6. The maximum Gasteiger partial charge on any atom is 0.235 e. The first kappa shape index (κ1) is 25.0. The molecular weight excluding hydrogens is 534 g/mol. The van der Waals surface area contributed by atoms with Gasteiger partial charge in [0.2, 0.25) is 5.95 Å². The van der Waals surface area contributed by atoms with E-state index in [4.69, 9.17) is 9.97 Å². The van der Waals surface area contributed by atoms with Crippen molar-refractivity contribution >= 4 is 32.6 Å². The van der Waals surface area contributed by atoms with Gasteiger partial charge < -0.3 is 0 Å². The maximum atomic E-state index is 5.47. The van der Waals surface area contributed by atoms with E-state index >= 15 is 0 Å².